The van der Waals surface area contributed by atoms with E-state index in [0.29, 0.717) is 12.2 Å². The monoisotopic (exact) mass is 424 g/mol. The third-order valence-electron chi connectivity index (χ3n) is 6.05. The van der Waals surface area contributed by atoms with Crippen LogP contribution in [0.3, 0.4) is 0 Å². The molecule has 2 aromatic rings. The summed E-state index contributed by atoms with van der Waals surface area (Å²) in [5, 5.41) is 10.3. The summed E-state index contributed by atoms with van der Waals surface area (Å²) in [6.45, 7) is 7.09. The van der Waals surface area contributed by atoms with Gasteiger partial charge in [0.2, 0.25) is 0 Å². The molecule has 0 aromatic heterocycles. The summed E-state index contributed by atoms with van der Waals surface area (Å²) >= 11 is 0. The van der Waals surface area contributed by atoms with Crippen LogP contribution in [0.15, 0.2) is 54.6 Å². The van der Waals surface area contributed by atoms with Gasteiger partial charge in [0.25, 0.3) is 0 Å². The number of Topliss-reactive ketones (excluding diaryl/α,β-unsaturated/α-hetero) is 1. The molecule has 2 unspecified atom stereocenters. The number of carbonyl (C=O) groups excluding carboxylic acids is 2. The molecule has 0 bridgehead atoms. The Hall–Kier alpha value is -2.66. The molecule has 1 aliphatic rings. The van der Waals surface area contributed by atoms with Gasteiger partial charge >= 0.3 is 5.97 Å². The minimum atomic E-state index is -1.48. The lowest BCUT2D eigenvalue weighted by Gasteiger charge is -2.43. The van der Waals surface area contributed by atoms with Crippen molar-refractivity contribution in [3.63, 3.8) is 0 Å². The average molecular weight is 425 g/mol. The van der Waals surface area contributed by atoms with E-state index in [9.17, 15) is 14.7 Å². The van der Waals surface area contributed by atoms with Crippen LogP contribution < -0.4 is 4.74 Å². The van der Waals surface area contributed by atoms with Gasteiger partial charge in [-0.05, 0) is 61.9 Å². The van der Waals surface area contributed by atoms with Crippen LogP contribution in [-0.2, 0) is 20.9 Å². The topological polar surface area (TPSA) is 72.8 Å². The molecule has 0 heterocycles. The van der Waals surface area contributed by atoms with Crippen molar-refractivity contribution < 1.29 is 24.2 Å². The van der Waals surface area contributed by atoms with Crippen molar-refractivity contribution in [2.75, 3.05) is 0 Å². The Morgan fingerprint density at radius 2 is 1.65 bits per heavy atom. The van der Waals surface area contributed by atoms with Crippen LogP contribution in [-0.4, -0.2) is 22.5 Å². The van der Waals surface area contributed by atoms with Gasteiger partial charge < -0.3 is 14.6 Å². The molecule has 1 fully saturated rings. The second kappa shape index (κ2) is 9.23. The van der Waals surface area contributed by atoms with Crippen molar-refractivity contribution in [3.8, 4) is 11.5 Å². The van der Waals surface area contributed by atoms with Gasteiger partial charge in [-0.3, -0.25) is 9.59 Å². The maximum absolute atomic E-state index is 12.9. The highest BCUT2D eigenvalue weighted by Crippen LogP contribution is 2.46. The Kier molecular flexibility index (Phi) is 6.85. The Bertz CT molecular complexity index is 894. The molecular weight excluding hydrogens is 392 g/mol. The van der Waals surface area contributed by atoms with Crippen LogP contribution in [0.25, 0.3) is 0 Å². The lowest BCUT2D eigenvalue weighted by atomic mass is 9.60. The molecule has 5 heteroatoms. The highest BCUT2D eigenvalue weighted by molar-refractivity contribution is 5.93. The van der Waals surface area contributed by atoms with E-state index >= 15 is 0 Å². The molecule has 1 N–H and O–H groups in total. The molecule has 3 rings (SSSR count). The van der Waals surface area contributed by atoms with E-state index in [1.165, 1.54) is 13.8 Å². The lowest BCUT2D eigenvalue weighted by molar-refractivity contribution is -0.164. The first-order valence-corrected chi connectivity index (χ1v) is 10.8. The molecule has 2 atom stereocenters. The van der Waals surface area contributed by atoms with E-state index in [4.69, 9.17) is 9.47 Å². The Labute approximate surface area is 184 Å². The van der Waals surface area contributed by atoms with Crippen molar-refractivity contribution in [1.82, 2.24) is 0 Å². The van der Waals surface area contributed by atoms with Crippen molar-refractivity contribution >= 4 is 11.8 Å². The summed E-state index contributed by atoms with van der Waals surface area (Å²) in [4.78, 5) is 25.9. The third-order valence-corrected chi connectivity index (χ3v) is 6.05. The van der Waals surface area contributed by atoms with Crippen molar-refractivity contribution in [3.05, 3.63) is 60.2 Å². The lowest BCUT2D eigenvalue weighted by Crippen LogP contribution is -2.50. The molecule has 31 heavy (non-hydrogen) atoms. The fourth-order valence-corrected chi connectivity index (χ4v) is 4.36. The van der Waals surface area contributed by atoms with Gasteiger partial charge in [-0.25, -0.2) is 0 Å². The summed E-state index contributed by atoms with van der Waals surface area (Å²) in [6.07, 6.45) is 2.29. The minimum Gasteiger partial charge on any atom is -0.461 e. The van der Waals surface area contributed by atoms with Gasteiger partial charge in [-0.1, -0.05) is 50.6 Å². The molecule has 0 aliphatic heterocycles. The first kappa shape index (κ1) is 23.0. The number of hydrogen-bond donors (Lipinski definition) is 1. The molecule has 1 aliphatic carbocycles. The van der Waals surface area contributed by atoms with Crippen molar-refractivity contribution in [1.29, 1.82) is 0 Å². The Balaban J connectivity index is 1.64. The number of hydrogen-bond acceptors (Lipinski definition) is 5. The molecule has 0 radical (unpaired) electrons. The highest BCUT2D eigenvalue weighted by Gasteiger charge is 2.50. The number of rotatable bonds is 7. The van der Waals surface area contributed by atoms with Crippen LogP contribution in [0.5, 0.6) is 11.5 Å². The molecular formula is C26H32O5. The number of benzene rings is 2. The average Bonchev–Trinajstić information content (AvgIpc) is 2.72. The number of aliphatic hydroxyl groups is 1. The van der Waals surface area contributed by atoms with Crippen molar-refractivity contribution in [2.24, 2.45) is 17.3 Å². The van der Waals surface area contributed by atoms with E-state index in [0.717, 1.165) is 24.2 Å². The zero-order valence-corrected chi connectivity index (χ0v) is 18.8. The second-order valence-electron chi connectivity index (χ2n) is 9.56. The van der Waals surface area contributed by atoms with Crippen LogP contribution in [0.2, 0.25) is 0 Å². The largest absolute Gasteiger partial charge is 0.461 e. The molecule has 0 amide bonds. The Morgan fingerprint density at radius 3 is 2.26 bits per heavy atom. The van der Waals surface area contributed by atoms with Crippen LogP contribution in [0, 0.1) is 17.3 Å². The number of esters is 1. The minimum absolute atomic E-state index is 0.130. The molecule has 0 spiro atoms. The normalized spacial score (nSPS) is 20.7. The molecule has 5 nitrogen and oxygen atoms in total. The fourth-order valence-electron chi connectivity index (χ4n) is 4.36. The van der Waals surface area contributed by atoms with Gasteiger partial charge in [0.05, 0.1) is 5.92 Å². The van der Waals surface area contributed by atoms with E-state index in [1.54, 1.807) is 0 Å². The standard InChI is InChI=1S/C26H32O5/c1-25(2)16-8-11-21(22(25)23(27)26(3,4)29)24(28)30-17-18-12-14-20(15-13-18)31-19-9-6-5-7-10-19/h5-7,9-10,12-15,21-22,29H,8,11,16-17H2,1-4H3. The van der Waals surface area contributed by atoms with Crippen molar-refractivity contribution in [2.45, 2.75) is 59.2 Å². The summed E-state index contributed by atoms with van der Waals surface area (Å²) in [5.41, 5.74) is -1.00. The maximum Gasteiger partial charge on any atom is 0.310 e. The van der Waals surface area contributed by atoms with E-state index in [2.05, 4.69) is 0 Å². The van der Waals surface area contributed by atoms with E-state index in [1.807, 2.05) is 68.4 Å². The fraction of sp³-hybridized carbons (Fsp3) is 0.462. The number of carbonyl (C=O) groups is 2. The van der Waals surface area contributed by atoms with Crippen LogP contribution in [0.4, 0.5) is 0 Å². The Morgan fingerprint density at radius 1 is 1.03 bits per heavy atom. The number of para-hydroxylation sites is 1. The molecule has 2 aromatic carbocycles. The quantitative estimate of drug-likeness (QED) is 0.610. The molecule has 0 saturated heterocycles. The van der Waals surface area contributed by atoms with Gasteiger partial charge in [0, 0.05) is 5.92 Å². The van der Waals surface area contributed by atoms with Gasteiger partial charge in [-0.2, -0.15) is 0 Å². The maximum atomic E-state index is 12.9. The summed E-state index contributed by atoms with van der Waals surface area (Å²) in [6, 6.07) is 16.9. The van der Waals surface area contributed by atoms with Crippen LogP contribution in [0.1, 0.15) is 52.5 Å². The van der Waals surface area contributed by atoms with E-state index < -0.39 is 17.4 Å². The van der Waals surface area contributed by atoms with Gasteiger partial charge in [-0.15, -0.1) is 0 Å². The van der Waals surface area contributed by atoms with Gasteiger partial charge in [0.15, 0.2) is 5.78 Å². The predicted molar refractivity (Wildman–Crippen MR) is 119 cm³/mol. The number of ether oxygens (including phenoxy) is 2. The van der Waals surface area contributed by atoms with E-state index in [-0.39, 0.29) is 23.8 Å². The summed E-state index contributed by atoms with van der Waals surface area (Å²) in [5.74, 6) is -0.310. The summed E-state index contributed by atoms with van der Waals surface area (Å²) < 4.78 is 11.4. The molecule has 166 valence electrons. The summed E-state index contributed by atoms with van der Waals surface area (Å²) in [7, 11) is 0. The third kappa shape index (κ3) is 5.73. The zero-order chi connectivity index (χ0) is 22.6. The number of ketones is 1. The smallest absolute Gasteiger partial charge is 0.310 e. The first-order valence-electron chi connectivity index (χ1n) is 10.8. The van der Waals surface area contributed by atoms with Crippen LogP contribution >= 0.6 is 0 Å². The zero-order valence-electron chi connectivity index (χ0n) is 18.8. The second-order valence-corrected chi connectivity index (χ2v) is 9.56. The SMILES string of the molecule is CC(C)(O)C(=O)C1C(C(=O)OCc2ccc(Oc3ccccc3)cc2)CCCC1(C)C. The molecule has 1 saturated carbocycles. The highest BCUT2D eigenvalue weighted by atomic mass is 16.5. The predicted octanol–water partition coefficient (Wildman–Crippen LogP) is 5.30. The van der Waals surface area contributed by atoms with Gasteiger partial charge in [0.1, 0.15) is 23.7 Å². The first-order chi connectivity index (χ1) is 14.6.